The number of carboxylic acids is 1. The molecular weight excluding hydrogens is 391 g/mol. The number of rotatable bonds is 7. The molecule has 0 saturated heterocycles. The van der Waals surface area contributed by atoms with Gasteiger partial charge in [-0.15, -0.1) is 0 Å². The second-order valence-corrected chi connectivity index (χ2v) is 5.98. The van der Waals surface area contributed by atoms with Crippen LogP contribution in [0.15, 0.2) is 48.5 Å². The Bertz CT molecular complexity index is 900. The van der Waals surface area contributed by atoms with Crippen molar-refractivity contribution in [2.45, 2.75) is 12.6 Å². The minimum atomic E-state index is -4.35. The Labute approximate surface area is 163 Å². The molecule has 154 valence electrons. The van der Waals surface area contributed by atoms with Gasteiger partial charge in [0, 0.05) is 17.8 Å². The van der Waals surface area contributed by atoms with Crippen molar-refractivity contribution in [1.29, 1.82) is 0 Å². The number of alkyl halides is 3. The van der Waals surface area contributed by atoms with Crippen LogP contribution < -0.4 is 16.0 Å². The molecule has 0 aromatic heterocycles. The van der Waals surface area contributed by atoms with Gasteiger partial charge in [-0.1, -0.05) is 24.3 Å². The molecule has 0 atom stereocenters. The van der Waals surface area contributed by atoms with Gasteiger partial charge >= 0.3 is 18.2 Å². The zero-order chi connectivity index (χ0) is 21.4. The van der Waals surface area contributed by atoms with E-state index in [0.29, 0.717) is 16.8 Å². The standard InChI is InChI=1S/C19H18F3N3O4/c20-19(21,22)7-8-23-18(29)25-15-6-2-4-13(10-15)12-3-1-5-14(9-12)17(28)24-11-16(26)27/h1-6,9-10H,7-8,11H2,(H,24,28)(H,26,27)(H2,23,25,29). The van der Waals surface area contributed by atoms with E-state index >= 15 is 0 Å². The van der Waals surface area contributed by atoms with Crippen molar-refractivity contribution in [3.63, 3.8) is 0 Å². The first-order valence-electron chi connectivity index (χ1n) is 8.46. The quantitative estimate of drug-likeness (QED) is 0.563. The summed E-state index contributed by atoms with van der Waals surface area (Å²) in [6.07, 6.45) is -5.48. The second kappa shape index (κ2) is 9.58. The molecule has 0 aliphatic carbocycles. The molecule has 10 heteroatoms. The van der Waals surface area contributed by atoms with Crippen LogP contribution in [-0.2, 0) is 4.79 Å². The normalized spacial score (nSPS) is 10.9. The number of anilines is 1. The number of hydrogen-bond donors (Lipinski definition) is 4. The highest BCUT2D eigenvalue weighted by Gasteiger charge is 2.26. The van der Waals surface area contributed by atoms with Gasteiger partial charge in [0.15, 0.2) is 0 Å². The molecule has 2 aromatic carbocycles. The Hall–Kier alpha value is -3.56. The van der Waals surface area contributed by atoms with Crippen LogP contribution >= 0.6 is 0 Å². The summed E-state index contributed by atoms with van der Waals surface area (Å²) >= 11 is 0. The van der Waals surface area contributed by atoms with E-state index in [1.165, 1.54) is 6.07 Å². The maximum absolute atomic E-state index is 12.1. The molecule has 0 heterocycles. The Kier molecular flexibility index (Phi) is 7.18. The fourth-order valence-corrected chi connectivity index (χ4v) is 2.37. The lowest BCUT2D eigenvalue weighted by Gasteiger charge is -2.11. The van der Waals surface area contributed by atoms with E-state index in [9.17, 15) is 27.6 Å². The summed E-state index contributed by atoms with van der Waals surface area (Å²) in [6.45, 7) is -1.05. The first-order chi connectivity index (χ1) is 13.6. The van der Waals surface area contributed by atoms with Crippen LogP contribution in [0, 0.1) is 0 Å². The monoisotopic (exact) mass is 409 g/mol. The number of hydrogen-bond acceptors (Lipinski definition) is 3. The topological polar surface area (TPSA) is 108 Å². The van der Waals surface area contributed by atoms with E-state index in [-0.39, 0.29) is 5.56 Å². The van der Waals surface area contributed by atoms with Crippen LogP contribution in [0.3, 0.4) is 0 Å². The molecule has 0 bridgehead atoms. The van der Waals surface area contributed by atoms with Crippen molar-refractivity contribution >= 4 is 23.6 Å². The Morgan fingerprint density at radius 2 is 1.59 bits per heavy atom. The molecule has 0 aliphatic heterocycles. The lowest BCUT2D eigenvalue weighted by Crippen LogP contribution is -2.31. The Balaban J connectivity index is 2.05. The number of carbonyl (C=O) groups excluding carboxylic acids is 2. The number of amides is 3. The first-order valence-corrected chi connectivity index (χ1v) is 8.46. The molecule has 0 spiro atoms. The molecule has 2 aromatic rings. The van der Waals surface area contributed by atoms with Crippen LogP contribution in [0.1, 0.15) is 16.8 Å². The molecule has 2 rings (SSSR count). The van der Waals surface area contributed by atoms with Crippen molar-refractivity contribution in [3.05, 3.63) is 54.1 Å². The van der Waals surface area contributed by atoms with Crippen LogP contribution in [0.2, 0.25) is 0 Å². The summed E-state index contributed by atoms with van der Waals surface area (Å²) in [5.74, 6) is -1.71. The number of aliphatic carboxylic acids is 1. The minimum Gasteiger partial charge on any atom is -0.480 e. The fourth-order valence-electron chi connectivity index (χ4n) is 2.37. The summed E-state index contributed by atoms with van der Waals surface area (Å²) in [4.78, 5) is 34.3. The van der Waals surface area contributed by atoms with Gasteiger partial charge in [-0.05, 0) is 35.4 Å². The maximum Gasteiger partial charge on any atom is 0.390 e. The van der Waals surface area contributed by atoms with E-state index in [4.69, 9.17) is 5.11 Å². The van der Waals surface area contributed by atoms with E-state index in [1.807, 2.05) is 0 Å². The molecule has 0 aliphatic rings. The van der Waals surface area contributed by atoms with Crippen molar-refractivity contribution in [2.75, 3.05) is 18.4 Å². The number of carbonyl (C=O) groups is 3. The Morgan fingerprint density at radius 3 is 2.24 bits per heavy atom. The van der Waals surface area contributed by atoms with Crippen LogP contribution in [-0.4, -0.2) is 42.3 Å². The maximum atomic E-state index is 12.1. The van der Waals surface area contributed by atoms with E-state index in [2.05, 4.69) is 16.0 Å². The number of benzene rings is 2. The van der Waals surface area contributed by atoms with Crippen LogP contribution in [0.4, 0.5) is 23.7 Å². The predicted octanol–water partition coefficient (Wildman–Crippen LogP) is 3.24. The molecule has 4 N–H and O–H groups in total. The molecular formula is C19H18F3N3O4. The average molecular weight is 409 g/mol. The summed E-state index contributed by atoms with van der Waals surface area (Å²) in [5, 5.41) is 15.5. The zero-order valence-electron chi connectivity index (χ0n) is 15.0. The first kappa shape index (κ1) is 21.7. The van der Waals surface area contributed by atoms with Gasteiger partial charge < -0.3 is 21.1 Å². The highest BCUT2D eigenvalue weighted by atomic mass is 19.4. The van der Waals surface area contributed by atoms with E-state index < -0.39 is 43.6 Å². The minimum absolute atomic E-state index is 0.256. The lowest BCUT2D eigenvalue weighted by atomic mass is 10.0. The molecule has 0 radical (unpaired) electrons. The third-order valence-corrected chi connectivity index (χ3v) is 3.67. The Morgan fingerprint density at radius 1 is 0.931 bits per heavy atom. The number of carboxylic acid groups (broad SMARTS) is 1. The molecule has 0 unspecified atom stereocenters. The third-order valence-electron chi connectivity index (χ3n) is 3.67. The van der Waals surface area contributed by atoms with Gasteiger partial charge in [-0.3, -0.25) is 9.59 Å². The van der Waals surface area contributed by atoms with Gasteiger partial charge in [0.2, 0.25) is 0 Å². The van der Waals surface area contributed by atoms with E-state index in [1.54, 1.807) is 42.5 Å². The van der Waals surface area contributed by atoms with Crippen molar-refractivity contribution in [3.8, 4) is 11.1 Å². The number of nitrogens with one attached hydrogen (secondary N) is 3. The largest absolute Gasteiger partial charge is 0.480 e. The molecule has 0 fully saturated rings. The smallest absolute Gasteiger partial charge is 0.390 e. The number of urea groups is 1. The number of halogens is 3. The summed E-state index contributed by atoms with van der Waals surface area (Å²) < 4.78 is 36.4. The van der Waals surface area contributed by atoms with Gasteiger partial charge in [0.1, 0.15) is 6.54 Å². The fraction of sp³-hybridized carbons (Fsp3) is 0.211. The third kappa shape index (κ3) is 7.53. The average Bonchev–Trinajstić information content (AvgIpc) is 2.65. The molecule has 0 saturated carbocycles. The van der Waals surface area contributed by atoms with Crippen molar-refractivity contribution in [2.24, 2.45) is 0 Å². The SMILES string of the molecule is O=C(O)CNC(=O)c1cccc(-c2cccc(NC(=O)NCCC(F)(F)F)c2)c1. The zero-order valence-corrected chi connectivity index (χ0v) is 15.0. The summed E-state index contributed by atoms with van der Waals surface area (Å²) in [7, 11) is 0. The van der Waals surface area contributed by atoms with Crippen LogP contribution in [0.5, 0.6) is 0 Å². The predicted molar refractivity (Wildman–Crippen MR) is 99.5 cm³/mol. The molecule has 29 heavy (non-hydrogen) atoms. The van der Waals surface area contributed by atoms with Crippen LogP contribution in [0.25, 0.3) is 11.1 Å². The molecule has 3 amide bonds. The highest BCUT2D eigenvalue weighted by molar-refractivity contribution is 5.97. The second-order valence-electron chi connectivity index (χ2n) is 5.98. The summed E-state index contributed by atoms with van der Waals surface area (Å²) in [5.41, 5.74) is 1.89. The van der Waals surface area contributed by atoms with Gasteiger partial charge in [-0.2, -0.15) is 13.2 Å². The lowest BCUT2D eigenvalue weighted by molar-refractivity contribution is -0.136. The van der Waals surface area contributed by atoms with Gasteiger partial charge in [-0.25, -0.2) is 4.79 Å². The van der Waals surface area contributed by atoms with Crippen molar-refractivity contribution < 1.29 is 32.7 Å². The van der Waals surface area contributed by atoms with E-state index in [0.717, 1.165) is 0 Å². The summed E-state index contributed by atoms with van der Waals surface area (Å²) in [6, 6.07) is 12.2. The van der Waals surface area contributed by atoms with Gasteiger partial charge in [0.25, 0.3) is 5.91 Å². The highest BCUT2D eigenvalue weighted by Crippen LogP contribution is 2.24. The van der Waals surface area contributed by atoms with Gasteiger partial charge in [0.05, 0.1) is 6.42 Å². The van der Waals surface area contributed by atoms with Crippen molar-refractivity contribution in [1.82, 2.24) is 10.6 Å². The molecule has 7 nitrogen and oxygen atoms in total.